The third-order valence-electron chi connectivity index (χ3n) is 3.36. The van der Waals surface area contributed by atoms with E-state index in [4.69, 9.17) is 0 Å². The molecule has 1 atom stereocenters. The van der Waals surface area contributed by atoms with Crippen LogP contribution < -0.4 is 10.6 Å². The number of nitrogens with one attached hydrogen (secondary N) is 2. The minimum atomic E-state index is -0.628. The fraction of sp³-hybridized carbons (Fsp3) is 0.500. The summed E-state index contributed by atoms with van der Waals surface area (Å²) in [5.74, 6) is 0.153. The summed E-state index contributed by atoms with van der Waals surface area (Å²) in [5.41, 5.74) is 0.836. The van der Waals surface area contributed by atoms with Crippen LogP contribution in [0.5, 0.6) is 0 Å². The van der Waals surface area contributed by atoms with Gasteiger partial charge in [0.1, 0.15) is 0 Å². The molecule has 0 radical (unpaired) electrons. The van der Waals surface area contributed by atoms with Crippen molar-refractivity contribution in [1.29, 1.82) is 0 Å². The molecule has 2 rings (SSSR count). The molecule has 98 valence electrons. The van der Waals surface area contributed by atoms with Crippen LogP contribution in [0.2, 0.25) is 0 Å². The molecule has 3 N–H and O–H groups in total. The van der Waals surface area contributed by atoms with E-state index in [1.54, 1.807) is 0 Å². The van der Waals surface area contributed by atoms with Gasteiger partial charge in [-0.3, -0.25) is 4.79 Å². The molecular formula is C14H20N2O2. The molecule has 0 aromatic heterocycles. The van der Waals surface area contributed by atoms with Gasteiger partial charge in [0.15, 0.2) is 0 Å². The minimum absolute atomic E-state index is 0.0616. The maximum Gasteiger partial charge on any atom is 0.223 e. The molecule has 0 bridgehead atoms. The summed E-state index contributed by atoms with van der Waals surface area (Å²) in [6.07, 6.45) is 1.14. The summed E-state index contributed by atoms with van der Waals surface area (Å²) in [4.78, 5) is 11.9. The maximum atomic E-state index is 11.9. The fourth-order valence-electron chi connectivity index (χ4n) is 2.22. The molecule has 1 aliphatic heterocycles. The number of amides is 1. The number of carbonyl (C=O) groups excluding carboxylic acids is 1. The number of hydrogen-bond acceptors (Lipinski definition) is 3. The predicted octanol–water partition coefficient (Wildman–Crippen LogP) is 0.836. The van der Waals surface area contributed by atoms with Crippen LogP contribution in [0.3, 0.4) is 0 Å². The van der Waals surface area contributed by atoms with Crippen molar-refractivity contribution in [1.82, 2.24) is 10.6 Å². The Kier molecular flexibility index (Phi) is 4.73. The molecule has 1 aliphatic rings. The lowest BCUT2D eigenvalue weighted by Crippen LogP contribution is -2.39. The van der Waals surface area contributed by atoms with E-state index < -0.39 is 6.10 Å². The van der Waals surface area contributed by atoms with Crippen molar-refractivity contribution in [3.8, 4) is 0 Å². The van der Waals surface area contributed by atoms with E-state index in [-0.39, 0.29) is 18.4 Å². The summed E-state index contributed by atoms with van der Waals surface area (Å²) in [7, 11) is 0. The van der Waals surface area contributed by atoms with Crippen molar-refractivity contribution < 1.29 is 9.90 Å². The lowest BCUT2D eigenvalue weighted by molar-refractivity contribution is -0.126. The van der Waals surface area contributed by atoms with E-state index >= 15 is 0 Å². The van der Waals surface area contributed by atoms with Gasteiger partial charge in [0.2, 0.25) is 5.91 Å². The highest BCUT2D eigenvalue weighted by Gasteiger charge is 2.21. The number of aliphatic hydroxyl groups excluding tert-OH is 1. The van der Waals surface area contributed by atoms with Gasteiger partial charge in [-0.05, 0) is 31.5 Å². The Balaban J connectivity index is 1.78. The Bertz CT molecular complexity index is 375. The van der Waals surface area contributed by atoms with E-state index in [0.717, 1.165) is 31.5 Å². The predicted molar refractivity (Wildman–Crippen MR) is 70.0 cm³/mol. The third-order valence-corrected chi connectivity index (χ3v) is 3.36. The van der Waals surface area contributed by atoms with Gasteiger partial charge in [-0.2, -0.15) is 0 Å². The van der Waals surface area contributed by atoms with Gasteiger partial charge in [-0.15, -0.1) is 0 Å². The van der Waals surface area contributed by atoms with Crippen molar-refractivity contribution in [2.45, 2.75) is 18.9 Å². The summed E-state index contributed by atoms with van der Waals surface area (Å²) in [5, 5.41) is 16.0. The number of rotatable bonds is 4. The highest BCUT2D eigenvalue weighted by Crippen LogP contribution is 2.13. The molecule has 18 heavy (non-hydrogen) atoms. The number of benzene rings is 1. The van der Waals surface area contributed by atoms with Gasteiger partial charge >= 0.3 is 0 Å². The lowest BCUT2D eigenvalue weighted by Gasteiger charge is -2.22. The average Bonchev–Trinajstić information content (AvgIpc) is 2.46. The second-order valence-corrected chi connectivity index (χ2v) is 4.70. The monoisotopic (exact) mass is 248 g/mol. The summed E-state index contributed by atoms with van der Waals surface area (Å²) >= 11 is 0. The largest absolute Gasteiger partial charge is 0.387 e. The third kappa shape index (κ3) is 3.55. The van der Waals surface area contributed by atoms with Gasteiger partial charge in [0, 0.05) is 12.5 Å². The quantitative estimate of drug-likeness (QED) is 0.740. The highest BCUT2D eigenvalue weighted by molar-refractivity contribution is 5.78. The zero-order chi connectivity index (χ0) is 12.8. The van der Waals surface area contributed by atoms with Crippen molar-refractivity contribution in [3.63, 3.8) is 0 Å². The minimum Gasteiger partial charge on any atom is -0.387 e. The maximum absolute atomic E-state index is 11.9. The molecule has 1 fully saturated rings. The zero-order valence-electron chi connectivity index (χ0n) is 10.4. The zero-order valence-corrected chi connectivity index (χ0v) is 10.4. The van der Waals surface area contributed by atoms with Crippen LogP contribution >= 0.6 is 0 Å². The molecule has 1 saturated heterocycles. The Labute approximate surface area is 107 Å². The normalized spacial score (nSPS) is 18.3. The van der Waals surface area contributed by atoms with Crippen LogP contribution in [-0.4, -0.2) is 30.6 Å². The molecule has 0 aliphatic carbocycles. The summed E-state index contributed by atoms with van der Waals surface area (Å²) < 4.78 is 0. The van der Waals surface area contributed by atoms with Crippen LogP contribution in [0.4, 0.5) is 0 Å². The molecule has 0 saturated carbocycles. The molecule has 1 unspecified atom stereocenters. The number of carbonyl (C=O) groups is 1. The first kappa shape index (κ1) is 13.1. The molecule has 1 amide bonds. The molecule has 1 aromatic rings. The topological polar surface area (TPSA) is 61.4 Å². The first-order valence-corrected chi connectivity index (χ1v) is 6.49. The molecule has 1 heterocycles. The summed E-state index contributed by atoms with van der Waals surface area (Å²) in [6.45, 7) is 2.09. The first-order valence-electron chi connectivity index (χ1n) is 6.49. The van der Waals surface area contributed by atoms with E-state index in [0.29, 0.717) is 0 Å². The van der Waals surface area contributed by atoms with Crippen LogP contribution in [-0.2, 0) is 4.79 Å². The average molecular weight is 248 g/mol. The van der Waals surface area contributed by atoms with Crippen LogP contribution in [0.15, 0.2) is 30.3 Å². The molecule has 0 spiro atoms. The number of hydrogen-bond donors (Lipinski definition) is 3. The van der Waals surface area contributed by atoms with Crippen molar-refractivity contribution in [3.05, 3.63) is 35.9 Å². The molecule has 4 heteroatoms. The number of aliphatic hydroxyl groups is 1. The van der Waals surface area contributed by atoms with E-state index in [2.05, 4.69) is 10.6 Å². The lowest BCUT2D eigenvalue weighted by atomic mass is 9.97. The number of piperidine rings is 1. The van der Waals surface area contributed by atoms with Crippen LogP contribution in [0.1, 0.15) is 24.5 Å². The highest BCUT2D eigenvalue weighted by atomic mass is 16.3. The van der Waals surface area contributed by atoms with E-state index in [1.807, 2.05) is 30.3 Å². The van der Waals surface area contributed by atoms with E-state index in [9.17, 15) is 9.90 Å². The fourth-order valence-corrected chi connectivity index (χ4v) is 2.22. The van der Waals surface area contributed by atoms with E-state index in [1.165, 1.54) is 0 Å². The van der Waals surface area contributed by atoms with Gasteiger partial charge < -0.3 is 15.7 Å². The SMILES string of the molecule is O=C(NCC(O)c1ccccc1)C1CCNCC1. The molecule has 4 nitrogen and oxygen atoms in total. The Hall–Kier alpha value is -1.39. The van der Waals surface area contributed by atoms with Gasteiger partial charge in [-0.1, -0.05) is 30.3 Å². The smallest absolute Gasteiger partial charge is 0.223 e. The Morgan fingerprint density at radius 2 is 2.00 bits per heavy atom. The molecular weight excluding hydrogens is 228 g/mol. The van der Waals surface area contributed by atoms with Crippen molar-refractivity contribution in [2.75, 3.05) is 19.6 Å². The van der Waals surface area contributed by atoms with Gasteiger partial charge in [0.25, 0.3) is 0 Å². The van der Waals surface area contributed by atoms with Crippen LogP contribution in [0.25, 0.3) is 0 Å². The second-order valence-electron chi connectivity index (χ2n) is 4.70. The Morgan fingerprint density at radius 3 is 2.67 bits per heavy atom. The van der Waals surface area contributed by atoms with Crippen LogP contribution in [0, 0.1) is 5.92 Å². The first-order chi connectivity index (χ1) is 8.77. The van der Waals surface area contributed by atoms with Crippen molar-refractivity contribution >= 4 is 5.91 Å². The Morgan fingerprint density at radius 1 is 1.33 bits per heavy atom. The summed E-state index contributed by atoms with van der Waals surface area (Å²) in [6, 6.07) is 9.40. The molecule has 1 aromatic carbocycles. The standard InChI is InChI=1S/C14H20N2O2/c17-13(11-4-2-1-3-5-11)10-16-14(18)12-6-8-15-9-7-12/h1-5,12-13,15,17H,6-10H2,(H,16,18). The van der Waals surface area contributed by atoms with Gasteiger partial charge in [0.05, 0.1) is 6.10 Å². The second kappa shape index (κ2) is 6.52. The van der Waals surface area contributed by atoms with Gasteiger partial charge in [-0.25, -0.2) is 0 Å². The van der Waals surface area contributed by atoms with Crippen molar-refractivity contribution in [2.24, 2.45) is 5.92 Å².